The number of amides is 1. The molecule has 0 saturated heterocycles. The molecule has 0 aliphatic carbocycles. The summed E-state index contributed by atoms with van der Waals surface area (Å²) in [6.45, 7) is 3.48. The average molecular weight is 273 g/mol. The lowest BCUT2D eigenvalue weighted by Crippen LogP contribution is -2.33. The Morgan fingerprint density at radius 3 is 2.60 bits per heavy atom. The van der Waals surface area contributed by atoms with Crippen LogP contribution in [0.3, 0.4) is 0 Å². The lowest BCUT2D eigenvalue weighted by molar-refractivity contribution is 0.0666. The molecule has 20 heavy (non-hydrogen) atoms. The highest BCUT2D eigenvalue weighted by atomic mass is 16.5. The Labute approximate surface area is 119 Å². The zero-order valence-corrected chi connectivity index (χ0v) is 11.8. The van der Waals surface area contributed by atoms with Gasteiger partial charge in [-0.1, -0.05) is 17.7 Å². The molecule has 0 unspecified atom stereocenters. The molecule has 1 amide bonds. The van der Waals surface area contributed by atoms with Crippen LogP contribution in [-0.4, -0.2) is 31.1 Å². The summed E-state index contributed by atoms with van der Waals surface area (Å²) < 4.78 is 10.4. The maximum Gasteiger partial charge on any atom is 0.254 e. The van der Waals surface area contributed by atoms with Crippen molar-refractivity contribution in [3.05, 3.63) is 59.5 Å². The first-order valence-electron chi connectivity index (χ1n) is 6.58. The molecular formula is C16H19NO3. The van der Waals surface area contributed by atoms with Gasteiger partial charge in [0, 0.05) is 19.2 Å². The second kappa shape index (κ2) is 6.91. The number of aryl methyl sites for hydroxylation is 1. The molecule has 0 aliphatic heterocycles. The summed E-state index contributed by atoms with van der Waals surface area (Å²) in [5, 5.41) is 0. The van der Waals surface area contributed by atoms with E-state index in [0.717, 1.165) is 11.3 Å². The molecule has 1 heterocycles. The third kappa shape index (κ3) is 3.71. The molecule has 1 aromatic carbocycles. The number of nitrogens with zero attached hydrogens (tertiary/aromatic N) is 1. The number of rotatable bonds is 6. The van der Waals surface area contributed by atoms with Crippen molar-refractivity contribution in [3.63, 3.8) is 0 Å². The first-order valence-corrected chi connectivity index (χ1v) is 6.58. The van der Waals surface area contributed by atoms with E-state index in [9.17, 15) is 4.79 Å². The van der Waals surface area contributed by atoms with Crippen molar-refractivity contribution in [2.24, 2.45) is 0 Å². The van der Waals surface area contributed by atoms with Crippen molar-refractivity contribution in [2.75, 3.05) is 20.3 Å². The van der Waals surface area contributed by atoms with E-state index >= 15 is 0 Å². The second-order valence-electron chi connectivity index (χ2n) is 4.66. The fourth-order valence-corrected chi connectivity index (χ4v) is 1.92. The zero-order valence-electron chi connectivity index (χ0n) is 11.8. The zero-order chi connectivity index (χ0) is 14.4. The predicted octanol–water partition coefficient (Wildman–Crippen LogP) is 2.88. The van der Waals surface area contributed by atoms with Crippen LogP contribution < -0.4 is 0 Å². The van der Waals surface area contributed by atoms with Gasteiger partial charge in [0.25, 0.3) is 5.91 Å². The van der Waals surface area contributed by atoms with Crippen LogP contribution in [0.1, 0.15) is 21.7 Å². The van der Waals surface area contributed by atoms with Gasteiger partial charge in [0.1, 0.15) is 5.76 Å². The Morgan fingerprint density at radius 1 is 1.25 bits per heavy atom. The first-order chi connectivity index (χ1) is 9.70. The molecule has 0 N–H and O–H groups in total. The summed E-state index contributed by atoms with van der Waals surface area (Å²) in [5.74, 6) is 0.750. The highest BCUT2D eigenvalue weighted by Crippen LogP contribution is 2.11. The summed E-state index contributed by atoms with van der Waals surface area (Å²) >= 11 is 0. The minimum atomic E-state index is -0.0153. The topological polar surface area (TPSA) is 42.7 Å². The normalized spacial score (nSPS) is 10.5. The summed E-state index contributed by atoms with van der Waals surface area (Å²) in [6, 6.07) is 11.3. The van der Waals surface area contributed by atoms with Crippen LogP contribution in [0.2, 0.25) is 0 Å². The van der Waals surface area contributed by atoms with Gasteiger partial charge in [0.15, 0.2) is 0 Å². The van der Waals surface area contributed by atoms with Crippen molar-refractivity contribution >= 4 is 5.91 Å². The van der Waals surface area contributed by atoms with Crippen molar-refractivity contribution in [1.82, 2.24) is 4.90 Å². The van der Waals surface area contributed by atoms with Crippen molar-refractivity contribution in [1.29, 1.82) is 0 Å². The summed E-state index contributed by atoms with van der Waals surface area (Å²) in [5.41, 5.74) is 1.81. The molecular weight excluding hydrogens is 254 g/mol. The fraction of sp³-hybridized carbons (Fsp3) is 0.312. The molecule has 4 heteroatoms. The van der Waals surface area contributed by atoms with Crippen LogP contribution in [-0.2, 0) is 11.3 Å². The Hall–Kier alpha value is -2.07. The molecule has 0 aliphatic rings. The molecule has 0 bridgehead atoms. The fourth-order valence-electron chi connectivity index (χ4n) is 1.92. The number of benzene rings is 1. The third-order valence-corrected chi connectivity index (χ3v) is 3.08. The average Bonchev–Trinajstić information content (AvgIpc) is 2.96. The van der Waals surface area contributed by atoms with Gasteiger partial charge in [-0.25, -0.2) is 0 Å². The van der Waals surface area contributed by atoms with Crippen LogP contribution in [0.4, 0.5) is 0 Å². The van der Waals surface area contributed by atoms with E-state index in [1.165, 1.54) is 0 Å². The standard InChI is InChI=1S/C16H19NO3/c1-13-5-7-14(8-6-13)16(18)17(9-11-19-2)12-15-4-3-10-20-15/h3-8,10H,9,11-12H2,1-2H3. The summed E-state index contributed by atoms with van der Waals surface area (Å²) in [4.78, 5) is 14.2. The molecule has 0 radical (unpaired) electrons. The smallest absolute Gasteiger partial charge is 0.254 e. The maximum atomic E-state index is 12.5. The van der Waals surface area contributed by atoms with Gasteiger partial charge < -0.3 is 14.1 Å². The molecule has 0 spiro atoms. The number of carbonyl (C=O) groups excluding carboxylic acids is 1. The highest BCUT2D eigenvalue weighted by molar-refractivity contribution is 5.94. The van der Waals surface area contributed by atoms with E-state index in [1.807, 2.05) is 43.3 Å². The molecule has 1 aromatic heterocycles. The Bertz CT molecular complexity index is 531. The van der Waals surface area contributed by atoms with Crippen LogP contribution in [0.5, 0.6) is 0 Å². The SMILES string of the molecule is COCCN(Cc1ccco1)C(=O)c1ccc(C)cc1. The van der Waals surface area contributed by atoms with Gasteiger partial charge in [-0.3, -0.25) is 4.79 Å². The predicted molar refractivity (Wildman–Crippen MR) is 76.5 cm³/mol. The Kier molecular flexibility index (Phi) is 4.96. The summed E-state index contributed by atoms with van der Waals surface area (Å²) in [7, 11) is 1.63. The lowest BCUT2D eigenvalue weighted by Gasteiger charge is -2.21. The molecule has 0 atom stereocenters. The maximum absolute atomic E-state index is 12.5. The second-order valence-corrected chi connectivity index (χ2v) is 4.66. The van der Waals surface area contributed by atoms with Gasteiger partial charge >= 0.3 is 0 Å². The largest absolute Gasteiger partial charge is 0.467 e. The number of carbonyl (C=O) groups is 1. The van der Waals surface area contributed by atoms with Crippen molar-refractivity contribution in [3.8, 4) is 0 Å². The molecule has 106 valence electrons. The van der Waals surface area contributed by atoms with Gasteiger partial charge in [-0.05, 0) is 31.2 Å². The monoisotopic (exact) mass is 273 g/mol. The quantitative estimate of drug-likeness (QED) is 0.812. The van der Waals surface area contributed by atoms with Gasteiger partial charge in [-0.2, -0.15) is 0 Å². The molecule has 0 fully saturated rings. The van der Waals surface area contributed by atoms with E-state index < -0.39 is 0 Å². The van der Waals surface area contributed by atoms with Gasteiger partial charge in [0.05, 0.1) is 19.4 Å². The number of furan rings is 1. The number of methoxy groups -OCH3 is 1. The Morgan fingerprint density at radius 2 is 2.00 bits per heavy atom. The lowest BCUT2D eigenvalue weighted by atomic mass is 10.1. The van der Waals surface area contributed by atoms with Crippen molar-refractivity contribution in [2.45, 2.75) is 13.5 Å². The molecule has 2 aromatic rings. The van der Waals surface area contributed by atoms with E-state index in [0.29, 0.717) is 25.3 Å². The molecule has 4 nitrogen and oxygen atoms in total. The van der Waals surface area contributed by atoms with Crippen molar-refractivity contribution < 1.29 is 13.9 Å². The summed E-state index contributed by atoms with van der Waals surface area (Å²) in [6.07, 6.45) is 1.61. The van der Waals surface area contributed by atoms with Crippen LogP contribution in [0, 0.1) is 6.92 Å². The van der Waals surface area contributed by atoms with E-state index in [1.54, 1.807) is 18.3 Å². The minimum absolute atomic E-state index is 0.0153. The van der Waals surface area contributed by atoms with E-state index in [-0.39, 0.29) is 5.91 Å². The first kappa shape index (κ1) is 14.3. The van der Waals surface area contributed by atoms with Crippen LogP contribution >= 0.6 is 0 Å². The third-order valence-electron chi connectivity index (χ3n) is 3.08. The van der Waals surface area contributed by atoms with Gasteiger partial charge in [0.2, 0.25) is 0 Å². The number of ether oxygens (including phenoxy) is 1. The van der Waals surface area contributed by atoms with Crippen LogP contribution in [0.25, 0.3) is 0 Å². The molecule has 2 rings (SSSR count). The Balaban J connectivity index is 2.12. The highest BCUT2D eigenvalue weighted by Gasteiger charge is 2.16. The van der Waals surface area contributed by atoms with E-state index in [4.69, 9.17) is 9.15 Å². The molecule has 0 saturated carbocycles. The number of hydrogen-bond acceptors (Lipinski definition) is 3. The van der Waals surface area contributed by atoms with E-state index in [2.05, 4.69) is 0 Å². The number of hydrogen-bond donors (Lipinski definition) is 0. The minimum Gasteiger partial charge on any atom is -0.467 e. The van der Waals surface area contributed by atoms with Crippen LogP contribution in [0.15, 0.2) is 47.1 Å². The van der Waals surface area contributed by atoms with Gasteiger partial charge in [-0.15, -0.1) is 0 Å².